The third-order valence-electron chi connectivity index (χ3n) is 7.64. The molecule has 5 aromatic carbocycles. The predicted octanol–water partition coefficient (Wildman–Crippen LogP) is 9.67. The van der Waals surface area contributed by atoms with E-state index < -0.39 is 34.9 Å². The van der Waals surface area contributed by atoms with Gasteiger partial charge in [0.2, 0.25) is 0 Å². The number of rotatable bonds is 9. The Morgan fingerprint density at radius 2 is 1.27 bits per heavy atom. The Balaban J connectivity index is 0.00000451. The van der Waals surface area contributed by atoms with Gasteiger partial charge in [-0.15, -0.1) is 0 Å². The molecule has 1 atom stereocenters. The molecule has 6 rings (SSSR count). The fourth-order valence-corrected chi connectivity index (χ4v) is 8.04. The van der Waals surface area contributed by atoms with Gasteiger partial charge >= 0.3 is 301 Å². The number of hydrogen-bond donors (Lipinski definition) is 0. The molecule has 0 bridgehead atoms. The fourth-order valence-electron chi connectivity index (χ4n) is 5.57. The van der Waals surface area contributed by atoms with Gasteiger partial charge in [0.05, 0.1) is 0 Å². The third-order valence-corrected chi connectivity index (χ3v) is 10.8. The van der Waals surface area contributed by atoms with Crippen LogP contribution < -0.4 is 14.5 Å². The second-order valence-electron chi connectivity index (χ2n) is 10.4. The molecule has 1 saturated heterocycles. The number of nitrogens with zero attached hydrogens (tertiary/aromatic N) is 2. The van der Waals surface area contributed by atoms with Gasteiger partial charge in [-0.1, -0.05) is 0 Å². The molecule has 1 aliphatic heterocycles. The normalized spacial score (nSPS) is 13.7. The summed E-state index contributed by atoms with van der Waals surface area (Å²) < 4.78 is 70.7. The predicted molar refractivity (Wildman–Crippen MR) is 181 cm³/mol. The van der Waals surface area contributed by atoms with Gasteiger partial charge in [-0.2, -0.15) is 0 Å². The number of thioether (sulfide) groups is 1. The van der Waals surface area contributed by atoms with E-state index in [1.54, 1.807) is 16.7 Å². The molecule has 0 aromatic heterocycles. The Bertz CT molecular complexity index is 1860. The number of para-hydroxylation sites is 3. The van der Waals surface area contributed by atoms with Crippen molar-refractivity contribution >= 4 is 63.6 Å². The van der Waals surface area contributed by atoms with Crippen LogP contribution >= 0.6 is 35.0 Å². The Kier molecular flexibility index (Phi) is 12.9. The second kappa shape index (κ2) is 16.5. The van der Waals surface area contributed by atoms with Crippen LogP contribution in [0.15, 0.2) is 107 Å². The van der Waals surface area contributed by atoms with E-state index in [1.165, 1.54) is 21.9 Å². The van der Waals surface area contributed by atoms with Crippen LogP contribution in [-0.4, -0.2) is 29.3 Å². The molecule has 48 heavy (non-hydrogen) atoms. The minimum absolute atomic E-state index is 0. The van der Waals surface area contributed by atoms with Gasteiger partial charge in [0, 0.05) is 41.3 Å². The topological polar surface area (TPSA) is 15.7 Å². The Morgan fingerprint density at radius 3 is 1.81 bits per heavy atom. The maximum Gasteiger partial charge on any atom is 0 e. The average Bonchev–Trinajstić information content (AvgIpc) is 3.48. The van der Waals surface area contributed by atoms with E-state index in [4.69, 9.17) is 40.6 Å². The summed E-state index contributed by atoms with van der Waals surface area (Å²) in [4.78, 5) is 3.44. The number of benzene rings is 5. The van der Waals surface area contributed by atoms with Crippen molar-refractivity contribution < 1.29 is 81.4 Å². The molecule has 0 aliphatic carbocycles. The van der Waals surface area contributed by atoms with Crippen LogP contribution in [-0.2, 0) is 30.5 Å². The molecule has 0 spiro atoms. The average molecular weight is 941 g/mol. The molecule has 1 radical (unpaired) electrons. The van der Waals surface area contributed by atoms with Crippen LogP contribution in [0.1, 0.15) is 5.56 Å². The Labute approximate surface area is 338 Å². The summed E-state index contributed by atoms with van der Waals surface area (Å²) in [5, 5.41) is 0.522. The summed E-state index contributed by atoms with van der Waals surface area (Å²) in [5.41, 5.74) is 0.369. The van der Waals surface area contributed by atoms with Crippen molar-refractivity contribution in [2.45, 2.75) is 21.4 Å². The van der Waals surface area contributed by atoms with Gasteiger partial charge in [-0.05, 0) is 0 Å². The monoisotopic (exact) mass is 940 g/mol. The minimum Gasteiger partial charge on any atom is 0 e. The molecule has 1 fully saturated rings. The molecule has 1 aliphatic rings. The van der Waals surface area contributed by atoms with E-state index in [2.05, 4.69) is 17.9 Å². The number of hydrogen-bond acceptors (Lipinski definition) is 5. The van der Waals surface area contributed by atoms with Crippen molar-refractivity contribution in [2.75, 3.05) is 22.9 Å². The largest absolute Gasteiger partial charge is 0 e. The SMILES string of the molecule is Fc1cccc(F)c1N1CCN(c2c(F)cccc2F)C1[C@H](Oc1c([CH]=[Ru+])cccc1-c1ccccc1)Sc1c(Cl)ccc(Cl)c1[S-].[Pr]. The zero-order chi connectivity index (χ0) is 33.2. The maximum atomic E-state index is 15.5. The van der Waals surface area contributed by atoms with Gasteiger partial charge in [0.25, 0.3) is 0 Å². The summed E-state index contributed by atoms with van der Waals surface area (Å²) >= 11 is 22.3. The molecule has 5 aromatic rings. The number of halogens is 6. The molecule has 0 N–H and O–H groups in total. The van der Waals surface area contributed by atoms with Crippen LogP contribution in [0.4, 0.5) is 28.9 Å². The van der Waals surface area contributed by atoms with Gasteiger partial charge in [0.1, 0.15) is 0 Å². The van der Waals surface area contributed by atoms with Gasteiger partial charge in [-0.25, -0.2) is 0 Å². The first kappa shape index (κ1) is 37.5. The van der Waals surface area contributed by atoms with Crippen molar-refractivity contribution in [2.24, 2.45) is 0 Å². The zero-order valence-electron chi connectivity index (χ0n) is 24.7. The fraction of sp³-hybridized carbons (Fsp3) is 0.114. The van der Waals surface area contributed by atoms with Crippen LogP contribution in [0.3, 0.4) is 0 Å². The summed E-state index contributed by atoms with van der Waals surface area (Å²) in [5.74, 6) is -2.95. The molecular weight excluding hydrogens is 917 g/mol. The molecule has 0 saturated carbocycles. The Morgan fingerprint density at radius 1 is 0.750 bits per heavy atom. The van der Waals surface area contributed by atoms with Gasteiger partial charge < -0.3 is 0 Å². The minimum atomic E-state index is -1.19. The van der Waals surface area contributed by atoms with Crippen molar-refractivity contribution in [1.29, 1.82) is 0 Å². The third kappa shape index (κ3) is 7.61. The zero-order valence-corrected chi connectivity index (χ0v) is 33.3. The summed E-state index contributed by atoms with van der Waals surface area (Å²) in [6.07, 6.45) is -1.19. The van der Waals surface area contributed by atoms with E-state index in [1.807, 2.05) is 48.5 Å². The van der Waals surface area contributed by atoms with Crippen molar-refractivity contribution in [3.63, 3.8) is 0 Å². The summed E-state index contributed by atoms with van der Waals surface area (Å²) in [7, 11) is 0. The second-order valence-corrected chi connectivity index (χ2v) is 13.3. The number of anilines is 2. The molecule has 3 nitrogen and oxygen atoms in total. The summed E-state index contributed by atoms with van der Waals surface area (Å²) in [6.45, 7) is 0.00860. The first-order valence-electron chi connectivity index (χ1n) is 14.2. The van der Waals surface area contributed by atoms with E-state index in [0.29, 0.717) is 16.2 Å². The molecule has 244 valence electrons. The molecule has 0 unspecified atom stereocenters. The smallest absolute Gasteiger partial charge is 0 e. The first-order valence-corrected chi connectivity index (χ1v) is 17.2. The van der Waals surface area contributed by atoms with E-state index >= 15 is 17.6 Å². The number of ether oxygens (including phenoxy) is 1. The van der Waals surface area contributed by atoms with Gasteiger partial charge in [-0.3, -0.25) is 0 Å². The van der Waals surface area contributed by atoms with Crippen LogP contribution in [0.2, 0.25) is 10.0 Å². The standard InChI is InChI=1S/C35H24Cl2F4N2OS2.Pr.Ru/c1-20-8-5-11-22(21-9-3-2-4-10-21)31(20)44-35(46-33-24(37)17-16-23(36)32(33)45)34-42(29-25(38)12-6-13-26(29)39)18-19-43(34)30-27(40)14-7-15-28(30)41;;/h1-17,34-35,45H,18-19H2;;/q;;+1/p-1/t35-;;/m1../s1. The van der Waals surface area contributed by atoms with Crippen LogP contribution in [0.25, 0.3) is 11.1 Å². The molecule has 1 heterocycles. The van der Waals surface area contributed by atoms with Gasteiger partial charge in [0.15, 0.2) is 0 Å². The molecular formula is C35H23Cl2F4N2OPrRuS2. The van der Waals surface area contributed by atoms with E-state index in [-0.39, 0.29) is 80.7 Å². The maximum absolute atomic E-state index is 15.5. The van der Waals surface area contributed by atoms with Crippen molar-refractivity contribution in [1.82, 2.24) is 0 Å². The molecule has 13 heteroatoms. The van der Waals surface area contributed by atoms with Crippen LogP contribution in [0.5, 0.6) is 5.75 Å². The molecule has 0 amide bonds. The van der Waals surface area contributed by atoms with Crippen molar-refractivity contribution in [3.8, 4) is 16.9 Å². The van der Waals surface area contributed by atoms with Crippen LogP contribution in [0, 0.1) is 64.6 Å². The summed E-state index contributed by atoms with van der Waals surface area (Å²) in [6, 6.07) is 25.3. The van der Waals surface area contributed by atoms with E-state index in [0.717, 1.165) is 47.2 Å². The Hall–Kier alpha value is -1.77. The first-order chi connectivity index (χ1) is 22.7. The van der Waals surface area contributed by atoms with E-state index in [9.17, 15) is 0 Å². The quantitative estimate of drug-likeness (QED) is 0.0480. The van der Waals surface area contributed by atoms with Crippen molar-refractivity contribution in [3.05, 3.63) is 136 Å².